The van der Waals surface area contributed by atoms with Gasteiger partial charge in [0.05, 0.1) is 11.4 Å². The van der Waals surface area contributed by atoms with Gasteiger partial charge in [0, 0.05) is 25.2 Å². The Morgan fingerprint density at radius 3 is 2.41 bits per heavy atom. The number of aliphatic carboxylic acids is 1. The Hall–Kier alpha value is -1.78. The Morgan fingerprint density at radius 2 is 1.88 bits per heavy atom. The SMILES string of the molecule is Cc1nccnc1C1(C(=O)O)CCC(=O)CC1. The average Bonchev–Trinajstić information content (AvgIpc) is 2.31. The molecule has 1 aliphatic carbocycles. The molecule has 1 saturated carbocycles. The normalized spacial score (nSPS) is 19.0. The van der Waals surface area contributed by atoms with E-state index in [0.717, 1.165) is 0 Å². The molecule has 5 nitrogen and oxygen atoms in total. The Morgan fingerprint density at radius 1 is 1.29 bits per heavy atom. The lowest BCUT2D eigenvalue weighted by molar-refractivity contribution is -0.146. The van der Waals surface area contributed by atoms with Crippen LogP contribution in [0.1, 0.15) is 37.1 Å². The summed E-state index contributed by atoms with van der Waals surface area (Å²) in [5.74, 6) is -0.781. The van der Waals surface area contributed by atoms with Crippen LogP contribution in [0.3, 0.4) is 0 Å². The zero-order valence-corrected chi connectivity index (χ0v) is 9.64. The van der Waals surface area contributed by atoms with Crippen molar-refractivity contribution in [1.82, 2.24) is 9.97 Å². The van der Waals surface area contributed by atoms with Gasteiger partial charge in [-0.05, 0) is 19.8 Å². The lowest BCUT2D eigenvalue weighted by atomic mass is 9.70. The predicted octanol–water partition coefficient (Wildman–Crippen LogP) is 1.25. The number of carboxylic acids is 1. The van der Waals surface area contributed by atoms with Crippen molar-refractivity contribution >= 4 is 11.8 Å². The molecule has 0 radical (unpaired) electrons. The van der Waals surface area contributed by atoms with Gasteiger partial charge < -0.3 is 5.11 Å². The first-order valence-corrected chi connectivity index (χ1v) is 5.59. The van der Waals surface area contributed by atoms with E-state index in [4.69, 9.17) is 0 Å². The van der Waals surface area contributed by atoms with Crippen LogP contribution in [0.4, 0.5) is 0 Å². The van der Waals surface area contributed by atoms with E-state index in [1.807, 2.05) is 0 Å². The maximum Gasteiger partial charge on any atom is 0.315 e. The maximum atomic E-state index is 11.6. The van der Waals surface area contributed by atoms with Gasteiger partial charge in [-0.1, -0.05) is 0 Å². The van der Waals surface area contributed by atoms with Gasteiger partial charge in [-0.2, -0.15) is 0 Å². The Labute approximate surface area is 98.9 Å². The molecule has 1 fully saturated rings. The van der Waals surface area contributed by atoms with Crippen LogP contribution in [0, 0.1) is 6.92 Å². The Kier molecular flexibility index (Phi) is 2.92. The van der Waals surface area contributed by atoms with Crippen LogP contribution >= 0.6 is 0 Å². The van der Waals surface area contributed by atoms with Crippen molar-refractivity contribution < 1.29 is 14.7 Å². The lowest BCUT2D eigenvalue weighted by Crippen LogP contribution is -2.41. The summed E-state index contributed by atoms with van der Waals surface area (Å²) in [6.07, 6.45) is 4.30. The largest absolute Gasteiger partial charge is 0.481 e. The number of nitrogens with zero attached hydrogens (tertiary/aromatic N) is 2. The van der Waals surface area contributed by atoms with Crippen LogP contribution in [-0.4, -0.2) is 26.8 Å². The highest BCUT2D eigenvalue weighted by molar-refractivity contribution is 5.87. The summed E-state index contributed by atoms with van der Waals surface area (Å²) in [5.41, 5.74) is 0.0935. The quantitative estimate of drug-likeness (QED) is 0.833. The number of hydrogen-bond acceptors (Lipinski definition) is 4. The average molecular weight is 234 g/mol. The number of carboxylic acid groups (broad SMARTS) is 1. The van der Waals surface area contributed by atoms with Gasteiger partial charge in [0.2, 0.25) is 0 Å². The van der Waals surface area contributed by atoms with E-state index in [0.29, 0.717) is 37.1 Å². The molecule has 17 heavy (non-hydrogen) atoms. The lowest BCUT2D eigenvalue weighted by Gasteiger charge is -2.32. The summed E-state index contributed by atoms with van der Waals surface area (Å²) in [7, 11) is 0. The van der Waals surface area contributed by atoms with Crippen LogP contribution in [0.15, 0.2) is 12.4 Å². The highest BCUT2D eigenvalue weighted by Crippen LogP contribution is 2.38. The zero-order chi connectivity index (χ0) is 12.5. The van der Waals surface area contributed by atoms with Gasteiger partial charge in [0.25, 0.3) is 0 Å². The minimum absolute atomic E-state index is 0.128. The maximum absolute atomic E-state index is 11.6. The first-order valence-electron chi connectivity index (χ1n) is 5.59. The highest BCUT2D eigenvalue weighted by atomic mass is 16.4. The molecule has 0 unspecified atom stereocenters. The molecule has 0 aliphatic heterocycles. The van der Waals surface area contributed by atoms with Gasteiger partial charge in [-0.15, -0.1) is 0 Å². The third-order valence-electron chi connectivity index (χ3n) is 3.41. The van der Waals surface area contributed by atoms with E-state index in [2.05, 4.69) is 9.97 Å². The fourth-order valence-electron chi connectivity index (χ4n) is 2.38. The minimum Gasteiger partial charge on any atom is -0.481 e. The molecule has 1 aromatic heterocycles. The number of aryl methyl sites for hydroxylation is 1. The summed E-state index contributed by atoms with van der Waals surface area (Å²) < 4.78 is 0. The van der Waals surface area contributed by atoms with Crippen LogP contribution in [0.2, 0.25) is 0 Å². The summed E-state index contributed by atoms with van der Waals surface area (Å²) in [6, 6.07) is 0. The van der Waals surface area contributed by atoms with E-state index in [1.54, 1.807) is 13.1 Å². The third-order valence-corrected chi connectivity index (χ3v) is 3.41. The molecule has 0 aromatic carbocycles. The van der Waals surface area contributed by atoms with Crippen molar-refractivity contribution in [1.29, 1.82) is 0 Å². The van der Waals surface area contributed by atoms with Crippen molar-refractivity contribution in [3.8, 4) is 0 Å². The van der Waals surface area contributed by atoms with Crippen molar-refractivity contribution in [2.45, 2.75) is 38.0 Å². The predicted molar refractivity (Wildman–Crippen MR) is 59.6 cm³/mol. The second kappa shape index (κ2) is 4.24. The van der Waals surface area contributed by atoms with Crippen molar-refractivity contribution in [3.05, 3.63) is 23.8 Å². The first kappa shape index (κ1) is 11.7. The minimum atomic E-state index is -1.04. The van der Waals surface area contributed by atoms with Crippen LogP contribution in [0.5, 0.6) is 0 Å². The standard InChI is InChI=1S/C12H14N2O3/c1-8-10(14-7-6-13-8)12(11(16)17)4-2-9(15)3-5-12/h6-7H,2-5H2,1H3,(H,16,17). The van der Waals surface area contributed by atoms with E-state index in [9.17, 15) is 14.7 Å². The molecule has 1 heterocycles. The second-order valence-corrected chi connectivity index (χ2v) is 4.42. The van der Waals surface area contributed by atoms with Crippen molar-refractivity contribution in [3.63, 3.8) is 0 Å². The van der Waals surface area contributed by atoms with E-state index in [1.165, 1.54) is 6.20 Å². The number of rotatable bonds is 2. The van der Waals surface area contributed by atoms with Crippen molar-refractivity contribution in [2.75, 3.05) is 0 Å². The van der Waals surface area contributed by atoms with Gasteiger partial charge in [0.15, 0.2) is 0 Å². The molecule has 0 bridgehead atoms. The van der Waals surface area contributed by atoms with Crippen molar-refractivity contribution in [2.24, 2.45) is 0 Å². The molecule has 0 spiro atoms. The molecule has 0 amide bonds. The Bertz CT molecular complexity index is 461. The van der Waals surface area contributed by atoms with Crippen LogP contribution in [0.25, 0.3) is 0 Å². The number of carbonyl (C=O) groups excluding carboxylic acids is 1. The molecule has 1 aromatic rings. The molecule has 1 N–H and O–H groups in total. The summed E-state index contributed by atoms with van der Waals surface area (Å²) in [4.78, 5) is 31.1. The summed E-state index contributed by atoms with van der Waals surface area (Å²) in [5, 5.41) is 9.47. The molecule has 1 aliphatic rings. The van der Waals surface area contributed by atoms with E-state index >= 15 is 0 Å². The molecule has 0 atom stereocenters. The van der Waals surface area contributed by atoms with Gasteiger partial charge in [-0.3, -0.25) is 19.6 Å². The molecular formula is C12H14N2O3. The number of carbonyl (C=O) groups is 2. The van der Waals surface area contributed by atoms with Gasteiger partial charge >= 0.3 is 5.97 Å². The summed E-state index contributed by atoms with van der Waals surface area (Å²) >= 11 is 0. The monoisotopic (exact) mass is 234 g/mol. The van der Waals surface area contributed by atoms with E-state index in [-0.39, 0.29) is 5.78 Å². The van der Waals surface area contributed by atoms with E-state index < -0.39 is 11.4 Å². The molecule has 2 rings (SSSR count). The molecule has 5 heteroatoms. The number of aromatic nitrogens is 2. The highest BCUT2D eigenvalue weighted by Gasteiger charge is 2.45. The first-order chi connectivity index (χ1) is 8.06. The van der Waals surface area contributed by atoms with Crippen LogP contribution < -0.4 is 0 Å². The molecular weight excluding hydrogens is 220 g/mol. The van der Waals surface area contributed by atoms with Gasteiger partial charge in [0.1, 0.15) is 11.2 Å². The van der Waals surface area contributed by atoms with Crippen LogP contribution in [-0.2, 0) is 15.0 Å². The number of hydrogen-bond donors (Lipinski definition) is 1. The Balaban J connectivity index is 2.46. The fourth-order valence-corrected chi connectivity index (χ4v) is 2.38. The number of ketones is 1. The number of Topliss-reactive ketones (excluding diaryl/α,β-unsaturated/α-hetero) is 1. The third kappa shape index (κ3) is 1.92. The zero-order valence-electron chi connectivity index (χ0n) is 9.64. The van der Waals surface area contributed by atoms with Gasteiger partial charge in [-0.25, -0.2) is 0 Å². The molecule has 90 valence electrons. The molecule has 0 saturated heterocycles. The second-order valence-electron chi connectivity index (χ2n) is 4.42. The summed E-state index contributed by atoms with van der Waals surface area (Å²) in [6.45, 7) is 1.75. The topological polar surface area (TPSA) is 80.2 Å². The fraction of sp³-hybridized carbons (Fsp3) is 0.500. The smallest absolute Gasteiger partial charge is 0.315 e.